The number of benzene rings is 2. The van der Waals surface area contributed by atoms with E-state index in [1.54, 1.807) is 11.8 Å². The summed E-state index contributed by atoms with van der Waals surface area (Å²) in [6.45, 7) is 4.04. The van der Waals surface area contributed by atoms with E-state index in [0.717, 1.165) is 17.1 Å². The third-order valence-corrected chi connectivity index (χ3v) is 5.70. The second kappa shape index (κ2) is 11.8. The standard InChI is InChI=1S/C22H26ClNO3S/c1-3-16(2)17-6-10-19(11-7-17)24-21(25)15-27-22(26)5-4-14-28-20-12-8-18(23)9-13-20/h6-13,16H,3-5,14-15H2,1-2H3,(H,24,25)/t16-/m1/s1. The minimum Gasteiger partial charge on any atom is -0.456 e. The van der Waals surface area contributed by atoms with Crippen molar-refractivity contribution in [2.24, 2.45) is 0 Å². The Balaban J connectivity index is 1.62. The van der Waals surface area contributed by atoms with E-state index in [9.17, 15) is 9.59 Å². The molecule has 0 aromatic heterocycles. The minimum absolute atomic E-state index is 0.268. The van der Waals surface area contributed by atoms with E-state index in [4.69, 9.17) is 16.3 Å². The molecule has 4 nitrogen and oxygen atoms in total. The number of amides is 1. The van der Waals surface area contributed by atoms with Crippen LogP contribution in [0.4, 0.5) is 5.69 Å². The number of thioether (sulfide) groups is 1. The highest BCUT2D eigenvalue weighted by molar-refractivity contribution is 7.99. The lowest BCUT2D eigenvalue weighted by molar-refractivity contribution is -0.147. The van der Waals surface area contributed by atoms with Crippen LogP contribution in [0.25, 0.3) is 0 Å². The van der Waals surface area contributed by atoms with Gasteiger partial charge in [0.1, 0.15) is 0 Å². The Morgan fingerprint density at radius 1 is 1.11 bits per heavy atom. The lowest BCUT2D eigenvalue weighted by Crippen LogP contribution is -2.20. The molecule has 0 aliphatic rings. The van der Waals surface area contributed by atoms with E-state index in [2.05, 4.69) is 19.2 Å². The molecule has 0 radical (unpaired) electrons. The molecule has 150 valence electrons. The fourth-order valence-electron chi connectivity index (χ4n) is 2.48. The predicted octanol–water partition coefficient (Wildman–Crippen LogP) is 5.91. The first-order chi connectivity index (χ1) is 13.5. The molecule has 0 fully saturated rings. The van der Waals surface area contributed by atoms with Crippen molar-refractivity contribution in [3.63, 3.8) is 0 Å². The number of nitrogens with one attached hydrogen (secondary N) is 1. The van der Waals surface area contributed by atoms with Gasteiger partial charge in [0.25, 0.3) is 5.91 Å². The molecule has 0 aliphatic carbocycles. The summed E-state index contributed by atoms with van der Waals surface area (Å²) < 4.78 is 5.05. The topological polar surface area (TPSA) is 55.4 Å². The Morgan fingerprint density at radius 3 is 2.43 bits per heavy atom. The summed E-state index contributed by atoms with van der Waals surface area (Å²) in [6, 6.07) is 15.3. The summed E-state index contributed by atoms with van der Waals surface area (Å²) in [5.41, 5.74) is 1.94. The minimum atomic E-state index is -0.362. The maximum Gasteiger partial charge on any atom is 0.306 e. The van der Waals surface area contributed by atoms with Crippen molar-refractivity contribution in [3.8, 4) is 0 Å². The molecule has 2 aromatic carbocycles. The zero-order valence-corrected chi connectivity index (χ0v) is 17.8. The molecule has 0 aliphatic heterocycles. The number of halogens is 1. The second-order valence-electron chi connectivity index (χ2n) is 6.55. The molecule has 0 heterocycles. The van der Waals surface area contributed by atoms with Crippen LogP contribution < -0.4 is 5.32 Å². The van der Waals surface area contributed by atoms with Crippen molar-refractivity contribution in [2.75, 3.05) is 17.7 Å². The van der Waals surface area contributed by atoms with Gasteiger partial charge in [-0.3, -0.25) is 9.59 Å². The van der Waals surface area contributed by atoms with Crippen LogP contribution >= 0.6 is 23.4 Å². The highest BCUT2D eigenvalue weighted by Gasteiger charge is 2.09. The highest BCUT2D eigenvalue weighted by Crippen LogP contribution is 2.22. The lowest BCUT2D eigenvalue weighted by atomic mass is 9.99. The van der Waals surface area contributed by atoms with E-state index in [-0.39, 0.29) is 24.9 Å². The zero-order chi connectivity index (χ0) is 20.4. The number of rotatable bonds is 10. The van der Waals surface area contributed by atoms with Crippen LogP contribution in [0.1, 0.15) is 44.6 Å². The van der Waals surface area contributed by atoms with Crippen LogP contribution in [0.15, 0.2) is 53.4 Å². The van der Waals surface area contributed by atoms with Crippen molar-refractivity contribution in [3.05, 3.63) is 59.1 Å². The first-order valence-corrected chi connectivity index (χ1v) is 10.8. The van der Waals surface area contributed by atoms with Crippen LogP contribution in [-0.4, -0.2) is 24.2 Å². The number of carbonyl (C=O) groups excluding carboxylic acids is 2. The van der Waals surface area contributed by atoms with Crippen LogP contribution in [0.5, 0.6) is 0 Å². The Hall–Kier alpha value is -1.98. The number of ether oxygens (including phenoxy) is 1. The summed E-state index contributed by atoms with van der Waals surface area (Å²) in [4.78, 5) is 24.8. The Morgan fingerprint density at radius 2 is 1.79 bits per heavy atom. The fourth-order valence-corrected chi connectivity index (χ4v) is 3.46. The molecule has 1 N–H and O–H groups in total. The maximum atomic E-state index is 11.9. The van der Waals surface area contributed by atoms with E-state index >= 15 is 0 Å². The van der Waals surface area contributed by atoms with Gasteiger partial charge in [0, 0.05) is 22.0 Å². The average Bonchev–Trinajstić information content (AvgIpc) is 2.71. The van der Waals surface area contributed by atoms with Crippen LogP contribution in [0.3, 0.4) is 0 Å². The van der Waals surface area contributed by atoms with Crippen molar-refractivity contribution in [2.45, 2.75) is 43.9 Å². The third kappa shape index (κ3) is 7.95. The van der Waals surface area contributed by atoms with E-state index in [0.29, 0.717) is 23.0 Å². The number of anilines is 1. The van der Waals surface area contributed by atoms with Gasteiger partial charge in [0.05, 0.1) is 0 Å². The van der Waals surface area contributed by atoms with Gasteiger partial charge in [0.2, 0.25) is 0 Å². The smallest absolute Gasteiger partial charge is 0.306 e. The molecule has 1 amide bonds. The van der Waals surface area contributed by atoms with Crippen molar-refractivity contribution in [1.82, 2.24) is 0 Å². The van der Waals surface area contributed by atoms with Crippen molar-refractivity contribution in [1.29, 1.82) is 0 Å². The highest BCUT2D eigenvalue weighted by atomic mass is 35.5. The quantitative estimate of drug-likeness (QED) is 0.295. The summed E-state index contributed by atoms with van der Waals surface area (Å²) in [5, 5.41) is 3.45. The van der Waals surface area contributed by atoms with Crippen LogP contribution in [0.2, 0.25) is 5.02 Å². The first-order valence-electron chi connectivity index (χ1n) is 9.41. The normalized spacial score (nSPS) is 11.7. The van der Waals surface area contributed by atoms with E-state index in [1.807, 2.05) is 48.5 Å². The van der Waals surface area contributed by atoms with Crippen molar-refractivity contribution < 1.29 is 14.3 Å². The zero-order valence-electron chi connectivity index (χ0n) is 16.2. The van der Waals surface area contributed by atoms with Crippen LogP contribution in [0, 0.1) is 0 Å². The van der Waals surface area contributed by atoms with Gasteiger partial charge >= 0.3 is 5.97 Å². The molecule has 6 heteroatoms. The summed E-state index contributed by atoms with van der Waals surface area (Å²) in [5.74, 6) is 0.591. The van der Waals surface area contributed by atoms with Crippen LogP contribution in [-0.2, 0) is 14.3 Å². The number of hydrogen-bond donors (Lipinski definition) is 1. The Kier molecular flexibility index (Phi) is 9.38. The van der Waals surface area contributed by atoms with Gasteiger partial charge in [-0.2, -0.15) is 0 Å². The van der Waals surface area contributed by atoms with Gasteiger partial charge in [-0.05, 0) is 66.5 Å². The van der Waals surface area contributed by atoms with Gasteiger partial charge in [-0.1, -0.05) is 37.6 Å². The largest absolute Gasteiger partial charge is 0.456 e. The molecule has 2 aromatic rings. The maximum absolute atomic E-state index is 11.9. The fraction of sp³-hybridized carbons (Fsp3) is 0.364. The molecule has 0 unspecified atom stereocenters. The van der Waals surface area contributed by atoms with Gasteiger partial charge < -0.3 is 10.1 Å². The van der Waals surface area contributed by atoms with Gasteiger partial charge in [-0.15, -0.1) is 11.8 Å². The first kappa shape index (κ1) is 22.3. The van der Waals surface area contributed by atoms with Gasteiger partial charge in [-0.25, -0.2) is 0 Å². The number of hydrogen-bond acceptors (Lipinski definition) is 4. The third-order valence-electron chi connectivity index (χ3n) is 4.35. The summed E-state index contributed by atoms with van der Waals surface area (Å²) in [6.07, 6.45) is 2.04. The molecule has 1 atom stereocenters. The average molecular weight is 420 g/mol. The summed E-state index contributed by atoms with van der Waals surface area (Å²) in [7, 11) is 0. The second-order valence-corrected chi connectivity index (χ2v) is 8.15. The molecular formula is C22H26ClNO3S. The van der Waals surface area contributed by atoms with Gasteiger partial charge in [0.15, 0.2) is 6.61 Å². The Bertz CT molecular complexity index is 762. The number of esters is 1. The molecule has 0 saturated carbocycles. The predicted molar refractivity (Wildman–Crippen MR) is 116 cm³/mol. The van der Waals surface area contributed by atoms with E-state index in [1.165, 1.54) is 5.56 Å². The summed E-state index contributed by atoms with van der Waals surface area (Å²) >= 11 is 7.50. The molecular weight excluding hydrogens is 394 g/mol. The lowest BCUT2D eigenvalue weighted by Gasteiger charge is -2.10. The molecule has 0 saturated heterocycles. The van der Waals surface area contributed by atoms with E-state index < -0.39 is 0 Å². The molecule has 28 heavy (non-hydrogen) atoms. The molecule has 0 spiro atoms. The monoisotopic (exact) mass is 419 g/mol. The Labute approximate surface area is 176 Å². The number of carbonyl (C=O) groups is 2. The van der Waals surface area contributed by atoms with Crippen molar-refractivity contribution >= 4 is 40.9 Å². The SMILES string of the molecule is CC[C@@H](C)c1ccc(NC(=O)COC(=O)CCCSc2ccc(Cl)cc2)cc1. The molecule has 2 rings (SSSR count). The molecule has 0 bridgehead atoms.